The zero-order valence-electron chi connectivity index (χ0n) is 10.6. The SMILES string of the molecule is CCC(C)N(C)S(=O)(=O)c1cccnc1C(N)=S. The van der Waals surface area contributed by atoms with E-state index < -0.39 is 10.0 Å². The molecule has 0 aliphatic rings. The highest BCUT2D eigenvalue weighted by Gasteiger charge is 2.28. The second-order valence-corrected chi connectivity index (χ2v) is 6.40. The molecule has 2 N–H and O–H groups in total. The fourth-order valence-corrected chi connectivity index (χ4v) is 3.25. The summed E-state index contributed by atoms with van der Waals surface area (Å²) in [5.74, 6) is 0. The molecule has 0 saturated carbocycles. The third-order valence-corrected chi connectivity index (χ3v) is 5.07. The molecule has 0 fully saturated rings. The Kier molecular flexibility index (Phi) is 4.78. The average Bonchev–Trinajstić information content (AvgIpc) is 2.36. The predicted molar refractivity (Wildman–Crippen MR) is 74.8 cm³/mol. The summed E-state index contributed by atoms with van der Waals surface area (Å²) in [6, 6.07) is 2.92. The van der Waals surface area contributed by atoms with E-state index in [1.165, 1.54) is 16.6 Å². The molecule has 1 heterocycles. The minimum Gasteiger partial charge on any atom is -0.388 e. The van der Waals surface area contributed by atoms with Crippen LogP contribution >= 0.6 is 12.2 Å². The lowest BCUT2D eigenvalue weighted by Gasteiger charge is -2.23. The number of sulfonamides is 1. The van der Waals surface area contributed by atoms with Gasteiger partial charge in [0.05, 0.1) is 0 Å². The van der Waals surface area contributed by atoms with Gasteiger partial charge >= 0.3 is 0 Å². The first-order chi connectivity index (χ1) is 8.32. The van der Waals surface area contributed by atoms with Crippen molar-refractivity contribution in [3.05, 3.63) is 24.0 Å². The molecule has 7 heteroatoms. The molecular formula is C11H17N3O2S2. The highest BCUT2D eigenvalue weighted by molar-refractivity contribution is 7.89. The van der Waals surface area contributed by atoms with Gasteiger partial charge in [0.15, 0.2) is 0 Å². The van der Waals surface area contributed by atoms with Crippen LogP contribution in [-0.4, -0.2) is 35.8 Å². The second-order valence-electron chi connectivity index (χ2n) is 3.99. The van der Waals surface area contributed by atoms with Gasteiger partial charge in [-0.2, -0.15) is 4.31 Å². The van der Waals surface area contributed by atoms with Gasteiger partial charge in [-0.05, 0) is 25.5 Å². The summed E-state index contributed by atoms with van der Waals surface area (Å²) in [5, 5.41) is 0. The van der Waals surface area contributed by atoms with E-state index in [2.05, 4.69) is 4.98 Å². The Morgan fingerprint density at radius 1 is 1.61 bits per heavy atom. The summed E-state index contributed by atoms with van der Waals surface area (Å²) in [7, 11) is -2.08. The maximum absolute atomic E-state index is 12.4. The summed E-state index contributed by atoms with van der Waals surface area (Å²) in [4.78, 5) is 3.97. The number of rotatable bonds is 5. The Labute approximate surface area is 113 Å². The first-order valence-corrected chi connectivity index (χ1v) is 7.40. The Morgan fingerprint density at radius 2 is 2.22 bits per heavy atom. The first kappa shape index (κ1) is 15.0. The van der Waals surface area contributed by atoms with Crippen molar-refractivity contribution in [1.29, 1.82) is 0 Å². The molecule has 100 valence electrons. The van der Waals surface area contributed by atoms with Crippen LogP contribution in [0.25, 0.3) is 0 Å². The molecule has 0 saturated heterocycles. The standard InChI is InChI=1S/C11H17N3O2S2/c1-4-8(2)14(3)18(15,16)9-6-5-7-13-10(9)11(12)17/h5-8H,4H2,1-3H3,(H2,12,17). The van der Waals surface area contributed by atoms with Crippen molar-refractivity contribution in [2.24, 2.45) is 5.73 Å². The van der Waals surface area contributed by atoms with Crippen LogP contribution in [0, 0.1) is 0 Å². The normalized spacial score (nSPS) is 13.6. The molecule has 1 aromatic heterocycles. The molecule has 1 unspecified atom stereocenters. The molecule has 0 spiro atoms. The predicted octanol–water partition coefficient (Wildman–Crippen LogP) is 1.13. The number of hydrogen-bond donors (Lipinski definition) is 1. The summed E-state index contributed by atoms with van der Waals surface area (Å²) in [6.45, 7) is 3.77. The van der Waals surface area contributed by atoms with Gasteiger partial charge in [0.25, 0.3) is 0 Å². The van der Waals surface area contributed by atoms with Gasteiger partial charge in [-0.15, -0.1) is 0 Å². The van der Waals surface area contributed by atoms with Gasteiger partial charge in [0.1, 0.15) is 15.6 Å². The first-order valence-electron chi connectivity index (χ1n) is 5.55. The number of thiocarbonyl (C=S) groups is 1. The zero-order chi connectivity index (χ0) is 13.9. The van der Waals surface area contributed by atoms with E-state index in [-0.39, 0.29) is 21.6 Å². The number of nitrogens with zero attached hydrogens (tertiary/aromatic N) is 2. The van der Waals surface area contributed by atoms with Crippen LogP contribution in [0.4, 0.5) is 0 Å². The fraction of sp³-hybridized carbons (Fsp3) is 0.455. The van der Waals surface area contributed by atoms with Crippen LogP contribution in [-0.2, 0) is 10.0 Å². The number of hydrogen-bond acceptors (Lipinski definition) is 4. The Balaban J connectivity index is 3.33. The molecule has 1 rings (SSSR count). The van der Waals surface area contributed by atoms with E-state index in [4.69, 9.17) is 18.0 Å². The second kappa shape index (κ2) is 5.73. The van der Waals surface area contributed by atoms with Crippen LogP contribution in [0.1, 0.15) is 26.0 Å². The zero-order valence-corrected chi connectivity index (χ0v) is 12.3. The van der Waals surface area contributed by atoms with Crippen molar-refractivity contribution in [2.75, 3.05) is 7.05 Å². The van der Waals surface area contributed by atoms with Crippen LogP contribution in [0.2, 0.25) is 0 Å². The molecule has 1 aromatic rings. The molecule has 0 amide bonds. The topological polar surface area (TPSA) is 76.3 Å². The van der Waals surface area contributed by atoms with Crippen molar-refractivity contribution in [3.8, 4) is 0 Å². The van der Waals surface area contributed by atoms with Crippen LogP contribution < -0.4 is 5.73 Å². The van der Waals surface area contributed by atoms with Gasteiger partial charge < -0.3 is 5.73 Å². The van der Waals surface area contributed by atoms with Crippen molar-refractivity contribution in [3.63, 3.8) is 0 Å². The molecule has 0 bridgehead atoms. The van der Waals surface area contributed by atoms with Crippen molar-refractivity contribution < 1.29 is 8.42 Å². The van der Waals surface area contributed by atoms with Crippen molar-refractivity contribution >= 4 is 27.2 Å². The number of nitrogens with two attached hydrogens (primary N) is 1. The van der Waals surface area contributed by atoms with Crippen molar-refractivity contribution in [1.82, 2.24) is 9.29 Å². The Bertz CT molecular complexity index is 543. The average molecular weight is 287 g/mol. The van der Waals surface area contributed by atoms with Gasteiger partial charge in [0, 0.05) is 19.3 Å². The number of pyridine rings is 1. The van der Waals surface area contributed by atoms with Crippen LogP contribution in [0.5, 0.6) is 0 Å². The highest BCUT2D eigenvalue weighted by atomic mass is 32.2. The van der Waals surface area contributed by atoms with E-state index in [9.17, 15) is 8.42 Å². The molecule has 5 nitrogen and oxygen atoms in total. The van der Waals surface area contributed by atoms with Gasteiger partial charge in [-0.1, -0.05) is 19.1 Å². The quantitative estimate of drug-likeness (QED) is 0.822. The number of aromatic nitrogens is 1. The third-order valence-electron chi connectivity index (χ3n) is 2.87. The Morgan fingerprint density at radius 3 is 2.72 bits per heavy atom. The molecule has 1 atom stereocenters. The maximum atomic E-state index is 12.4. The summed E-state index contributed by atoms with van der Waals surface area (Å²) in [5.41, 5.74) is 5.65. The molecule has 18 heavy (non-hydrogen) atoms. The smallest absolute Gasteiger partial charge is 0.245 e. The fourth-order valence-electron chi connectivity index (χ4n) is 1.43. The Hall–Kier alpha value is -1.05. The highest BCUT2D eigenvalue weighted by Crippen LogP contribution is 2.20. The lowest BCUT2D eigenvalue weighted by molar-refractivity contribution is 0.380. The molecule has 0 aromatic carbocycles. The molecule has 0 aliphatic carbocycles. The van der Waals surface area contributed by atoms with E-state index in [1.807, 2.05) is 13.8 Å². The summed E-state index contributed by atoms with van der Waals surface area (Å²) >= 11 is 4.83. The lowest BCUT2D eigenvalue weighted by atomic mass is 10.3. The summed E-state index contributed by atoms with van der Waals surface area (Å²) < 4.78 is 26.2. The van der Waals surface area contributed by atoms with Crippen LogP contribution in [0.15, 0.2) is 23.2 Å². The van der Waals surface area contributed by atoms with Gasteiger partial charge in [-0.25, -0.2) is 8.42 Å². The van der Waals surface area contributed by atoms with E-state index in [0.29, 0.717) is 0 Å². The molecule has 0 radical (unpaired) electrons. The molecular weight excluding hydrogens is 270 g/mol. The lowest BCUT2D eigenvalue weighted by Crippen LogP contribution is -2.36. The van der Waals surface area contributed by atoms with E-state index in [1.54, 1.807) is 13.1 Å². The van der Waals surface area contributed by atoms with Gasteiger partial charge in [0.2, 0.25) is 10.0 Å². The van der Waals surface area contributed by atoms with Crippen molar-refractivity contribution in [2.45, 2.75) is 31.2 Å². The largest absolute Gasteiger partial charge is 0.388 e. The minimum absolute atomic E-state index is 0.0215. The van der Waals surface area contributed by atoms with E-state index in [0.717, 1.165) is 6.42 Å². The molecule has 0 aliphatic heterocycles. The van der Waals surface area contributed by atoms with Gasteiger partial charge in [-0.3, -0.25) is 4.98 Å². The minimum atomic E-state index is -3.62. The maximum Gasteiger partial charge on any atom is 0.245 e. The van der Waals surface area contributed by atoms with E-state index >= 15 is 0 Å². The monoisotopic (exact) mass is 287 g/mol. The third kappa shape index (κ3) is 2.85. The summed E-state index contributed by atoms with van der Waals surface area (Å²) in [6.07, 6.45) is 2.19. The van der Waals surface area contributed by atoms with Crippen LogP contribution in [0.3, 0.4) is 0 Å².